The van der Waals surface area contributed by atoms with Crippen molar-refractivity contribution >= 4 is 17.0 Å². The molecule has 90 valence electrons. The van der Waals surface area contributed by atoms with E-state index >= 15 is 0 Å². The predicted octanol–water partition coefficient (Wildman–Crippen LogP) is 2.45. The predicted molar refractivity (Wildman–Crippen MR) is 69.1 cm³/mol. The van der Waals surface area contributed by atoms with Gasteiger partial charge in [0, 0.05) is 11.8 Å². The first-order valence-corrected chi connectivity index (χ1v) is 6.01. The highest BCUT2D eigenvalue weighted by molar-refractivity contribution is 7.15. The van der Waals surface area contributed by atoms with Gasteiger partial charge in [0.05, 0.1) is 23.8 Å². The second-order valence-corrected chi connectivity index (χ2v) is 4.76. The first kappa shape index (κ1) is 11.9. The molecule has 4 nitrogen and oxygen atoms in total. The van der Waals surface area contributed by atoms with E-state index in [0.29, 0.717) is 11.4 Å². The number of benzene rings is 1. The van der Waals surface area contributed by atoms with Gasteiger partial charge < -0.3 is 15.6 Å². The monoisotopic (exact) mass is 250 g/mol. The summed E-state index contributed by atoms with van der Waals surface area (Å²) >= 11 is 1.46. The molecule has 1 aromatic heterocycles. The number of hydrogen-bond donors (Lipinski definition) is 2. The first-order chi connectivity index (χ1) is 8.11. The van der Waals surface area contributed by atoms with Gasteiger partial charge in [-0.15, -0.1) is 11.3 Å². The van der Waals surface area contributed by atoms with Crippen LogP contribution in [-0.2, 0) is 0 Å². The quantitative estimate of drug-likeness (QED) is 0.821. The second kappa shape index (κ2) is 4.73. The molecule has 0 aliphatic heterocycles. The van der Waals surface area contributed by atoms with Crippen molar-refractivity contribution in [2.75, 3.05) is 12.8 Å². The summed E-state index contributed by atoms with van der Waals surface area (Å²) in [7, 11) is 1.58. The van der Waals surface area contributed by atoms with Crippen LogP contribution >= 0.6 is 11.3 Å². The fourth-order valence-electron chi connectivity index (χ4n) is 1.46. The number of nitrogens with zero attached hydrogens (tertiary/aromatic N) is 1. The number of aromatic nitrogens is 1. The average Bonchev–Trinajstić information content (AvgIpc) is 2.79. The highest BCUT2D eigenvalue weighted by Crippen LogP contribution is 2.32. The van der Waals surface area contributed by atoms with E-state index in [2.05, 4.69) is 4.98 Å². The maximum absolute atomic E-state index is 9.45. The minimum Gasteiger partial charge on any atom is -0.495 e. The normalized spacial score (nSPS) is 12.4. The van der Waals surface area contributed by atoms with Crippen LogP contribution in [0.5, 0.6) is 5.75 Å². The fourth-order valence-corrected chi connectivity index (χ4v) is 2.31. The standard InChI is InChI=1S/C12H14N2O2S/c1-7(15)11-6-14-12(17-11)8-3-4-9(13)10(5-8)16-2/h3-7,15H,13H2,1-2H3/t7-/m1/s1. The molecule has 17 heavy (non-hydrogen) atoms. The van der Waals surface area contributed by atoms with Crippen molar-refractivity contribution < 1.29 is 9.84 Å². The van der Waals surface area contributed by atoms with Crippen LogP contribution in [0.25, 0.3) is 10.6 Å². The van der Waals surface area contributed by atoms with Gasteiger partial charge in [-0.2, -0.15) is 0 Å². The molecule has 2 rings (SSSR count). The van der Waals surface area contributed by atoms with Gasteiger partial charge in [0.25, 0.3) is 0 Å². The molecule has 1 heterocycles. The van der Waals surface area contributed by atoms with Crippen molar-refractivity contribution in [2.45, 2.75) is 13.0 Å². The molecule has 0 aliphatic carbocycles. The number of methoxy groups -OCH3 is 1. The molecule has 5 heteroatoms. The van der Waals surface area contributed by atoms with Gasteiger partial charge >= 0.3 is 0 Å². The molecule has 0 aliphatic rings. The molecule has 0 saturated heterocycles. The maximum Gasteiger partial charge on any atom is 0.142 e. The lowest BCUT2D eigenvalue weighted by Gasteiger charge is -2.05. The molecule has 3 N–H and O–H groups in total. The molecule has 0 amide bonds. The number of anilines is 1. The number of aliphatic hydroxyl groups excluding tert-OH is 1. The van der Waals surface area contributed by atoms with Crippen molar-refractivity contribution in [1.29, 1.82) is 0 Å². The number of thiazole rings is 1. The zero-order valence-electron chi connectivity index (χ0n) is 9.68. The summed E-state index contributed by atoms with van der Waals surface area (Å²) in [6.45, 7) is 1.72. The molecular weight excluding hydrogens is 236 g/mol. The van der Waals surface area contributed by atoms with Gasteiger partial charge in [-0.25, -0.2) is 4.98 Å². The Balaban J connectivity index is 2.38. The Bertz CT molecular complexity index is 523. The zero-order valence-corrected chi connectivity index (χ0v) is 10.5. The zero-order chi connectivity index (χ0) is 12.4. The molecule has 2 aromatic rings. The van der Waals surface area contributed by atoms with E-state index in [-0.39, 0.29) is 0 Å². The summed E-state index contributed by atoms with van der Waals surface area (Å²) in [5, 5.41) is 10.3. The molecule has 0 fully saturated rings. The van der Waals surface area contributed by atoms with E-state index in [1.165, 1.54) is 11.3 Å². The van der Waals surface area contributed by atoms with E-state index in [1.807, 2.05) is 12.1 Å². The SMILES string of the molecule is COc1cc(-c2ncc([C@@H](C)O)s2)ccc1N. The van der Waals surface area contributed by atoms with Crippen LogP contribution in [-0.4, -0.2) is 17.2 Å². The van der Waals surface area contributed by atoms with Crippen molar-refractivity contribution in [1.82, 2.24) is 4.98 Å². The van der Waals surface area contributed by atoms with Crippen LogP contribution in [0.15, 0.2) is 24.4 Å². The lowest BCUT2D eigenvalue weighted by Crippen LogP contribution is -1.92. The summed E-state index contributed by atoms with van der Waals surface area (Å²) in [4.78, 5) is 5.12. The smallest absolute Gasteiger partial charge is 0.142 e. The van der Waals surface area contributed by atoms with Gasteiger partial charge in [0.2, 0.25) is 0 Å². The van der Waals surface area contributed by atoms with E-state index in [9.17, 15) is 5.11 Å². The molecule has 0 saturated carbocycles. The van der Waals surface area contributed by atoms with Crippen LogP contribution in [0.3, 0.4) is 0 Å². The topological polar surface area (TPSA) is 68.4 Å². The second-order valence-electron chi connectivity index (χ2n) is 3.70. The Kier molecular flexibility index (Phi) is 3.31. The van der Waals surface area contributed by atoms with Crippen LogP contribution in [0.1, 0.15) is 17.9 Å². The highest BCUT2D eigenvalue weighted by atomic mass is 32.1. The third kappa shape index (κ3) is 2.40. The summed E-state index contributed by atoms with van der Waals surface area (Å²) < 4.78 is 5.16. The summed E-state index contributed by atoms with van der Waals surface area (Å²) in [5.74, 6) is 0.635. The highest BCUT2D eigenvalue weighted by Gasteiger charge is 2.10. The summed E-state index contributed by atoms with van der Waals surface area (Å²) in [6, 6.07) is 5.53. The fraction of sp³-hybridized carbons (Fsp3) is 0.250. The molecular formula is C12H14N2O2S. The lowest BCUT2D eigenvalue weighted by molar-refractivity contribution is 0.203. The lowest BCUT2D eigenvalue weighted by atomic mass is 10.2. The Morgan fingerprint density at radius 2 is 2.24 bits per heavy atom. The number of ether oxygens (including phenoxy) is 1. The molecule has 0 spiro atoms. The molecule has 1 aromatic carbocycles. The summed E-state index contributed by atoms with van der Waals surface area (Å²) in [6.07, 6.45) is 1.20. The van der Waals surface area contributed by atoms with Crippen LogP contribution in [0, 0.1) is 0 Å². The van der Waals surface area contributed by atoms with Gasteiger partial charge in [-0.05, 0) is 25.1 Å². The number of nitrogen functional groups attached to an aromatic ring is 1. The molecule has 1 atom stereocenters. The summed E-state index contributed by atoms with van der Waals surface area (Å²) in [5.41, 5.74) is 7.29. The van der Waals surface area contributed by atoms with Crippen LogP contribution in [0.4, 0.5) is 5.69 Å². The van der Waals surface area contributed by atoms with Crippen molar-refractivity contribution in [3.63, 3.8) is 0 Å². The molecule has 0 unspecified atom stereocenters. The number of aliphatic hydroxyl groups is 1. The van der Waals surface area contributed by atoms with E-state index in [4.69, 9.17) is 10.5 Å². The van der Waals surface area contributed by atoms with Gasteiger partial charge in [-0.1, -0.05) is 0 Å². The van der Waals surface area contributed by atoms with E-state index in [1.54, 1.807) is 26.3 Å². The van der Waals surface area contributed by atoms with E-state index < -0.39 is 6.10 Å². The Morgan fingerprint density at radius 3 is 2.82 bits per heavy atom. The molecule has 0 bridgehead atoms. The Morgan fingerprint density at radius 1 is 1.47 bits per heavy atom. The Hall–Kier alpha value is -1.59. The van der Waals surface area contributed by atoms with E-state index in [0.717, 1.165) is 15.4 Å². The van der Waals surface area contributed by atoms with Gasteiger partial charge in [0.15, 0.2) is 0 Å². The number of rotatable bonds is 3. The maximum atomic E-state index is 9.45. The average molecular weight is 250 g/mol. The number of nitrogens with two attached hydrogens (primary N) is 1. The van der Waals surface area contributed by atoms with Crippen molar-refractivity contribution in [3.05, 3.63) is 29.3 Å². The Labute approximate surface area is 104 Å². The van der Waals surface area contributed by atoms with Gasteiger partial charge in [0.1, 0.15) is 10.8 Å². The van der Waals surface area contributed by atoms with Crippen LogP contribution < -0.4 is 10.5 Å². The minimum absolute atomic E-state index is 0.489. The largest absolute Gasteiger partial charge is 0.495 e. The first-order valence-electron chi connectivity index (χ1n) is 5.19. The van der Waals surface area contributed by atoms with Crippen molar-refractivity contribution in [3.8, 4) is 16.3 Å². The minimum atomic E-state index is -0.489. The van der Waals surface area contributed by atoms with Gasteiger partial charge in [-0.3, -0.25) is 0 Å². The van der Waals surface area contributed by atoms with Crippen molar-refractivity contribution in [2.24, 2.45) is 0 Å². The molecule has 0 radical (unpaired) electrons. The number of hydrogen-bond acceptors (Lipinski definition) is 5. The third-order valence-corrected chi connectivity index (χ3v) is 3.63. The third-order valence-electron chi connectivity index (χ3n) is 2.42. The van der Waals surface area contributed by atoms with Crippen LogP contribution in [0.2, 0.25) is 0 Å².